The fourth-order valence-corrected chi connectivity index (χ4v) is 4.88. The summed E-state index contributed by atoms with van der Waals surface area (Å²) < 4.78 is 6.94. The van der Waals surface area contributed by atoms with Crippen LogP contribution in [0, 0.1) is 0 Å². The van der Waals surface area contributed by atoms with Gasteiger partial charge in [-0.25, -0.2) is 4.98 Å². The number of anilines is 4. The van der Waals surface area contributed by atoms with Crippen molar-refractivity contribution in [3.8, 4) is 11.6 Å². The van der Waals surface area contributed by atoms with Gasteiger partial charge < -0.3 is 25.2 Å². The molecule has 1 aliphatic heterocycles. The van der Waals surface area contributed by atoms with Crippen LogP contribution in [-0.4, -0.2) is 53.9 Å². The standard InChI is InChI=1S/C27H26N6O3S/c1-4-23(34)28-18-6-5-7-20(15-18)36-26-25-21(11-13-37-25)30-27(31-26)29-19-8-9-22-17(14-19)10-12-33(22)24(35)16-32(2)3/h4-9,11,13-15H,1,10,12,16H2,2-3H3,(H,28,34)(H,29,30,31). The first-order valence-corrected chi connectivity index (χ1v) is 12.6. The maximum atomic E-state index is 12.6. The van der Waals surface area contributed by atoms with Crippen LogP contribution in [0.15, 0.2) is 66.6 Å². The number of rotatable bonds is 8. The summed E-state index contributed by atoms with van der Waals surface area (Å²) >= 11 is 1.49. The van der Waals surface area contributed by atoms with Crippen LogP contribution in [0.3, 0.4) is 0 Å². The van der Waals surface area contributed by atoms with Gasteiger partial charge in [-0.15, -0.1) is 11.3 Å². The van der Waals surface area contributed by atoms with Gasteiger partial charge in [-0.3, -0.25) is 9.59 Å². The third-order valence-electron chi connectivity index (χ3n) is 5.76. The lowest BCUT2D eigenvalue weighted by atomic mass is 10.1. The quantitative estimate of drug-likeness (QED) is 0.326. The molecule has 2 N–H and O–H groups in total. The van der Waals surface area contributed by atoms with Crippen molar-refractivity contribution in [1.29, 1.82) is 0 Å². The number of likely N-dealkylation sites (N-methyl/N-ethyl adjacent to an activating group) is 1. The molecule has 2 aromatic heterocycles. The van der Waals surface area contributed by atoms with Crippen LogP contribution in [0.1, 0.15) is 5.56 Å². The highest BCUT2D eigenvalue weighted by atomic mass is 32.1. The zero-order chi connectivity index (χ0) is 25.9. The molecule has 0 spiro atoms. The van der Waals surface area contributed by atoms with E-state index in [1.54, 1.807) is 24.3 Å². The summed E-state index contributed by atoms with van der Waals surface area (Å²) in [6.07, 6.45) is 2.00. The molecule has 0 saturated heterocycles. The van der Waals surface area contributed by atoms with E-state index in [0.29, 0.717) is 36.4 Å². The monoisotopic (exact) mass is 514 g/mol. The van der Waals surface area contributed by atoms with Crippen molar-refractivity contribution >= 4 is 56.4 Å². The molecule has 1 aliphatic rings. The van der Waals surface area contributed by atoms with Gasteiger partial charge in [0, 0.05) is 29.7 Å². The van der Waals surface area contributed by atoms with E-state index in [9.17, 15) is 9.59 Å². The minimum atomic E-state index is -0.300. The SMILES string of the molecule is C=CC(=O)Nc1cccc(Oc2nc(Nc3ccc4c(c3)CCN4C(=O)CN(C)C)nc3ccsc23)c1. The van der Waals surface area contributed by atoms with Crippen LogP contribution in [-0.2, 0) is 16.0 Å². The number of aromatic nitrogens is 2. The Balaban J connectivity index is 1.38. The molecule has 37 heavy (non-hydrogen) atoms. The summed E-state index contributed by atoms with van der Waals surface area (Å²) in [5, 5.41) is 7.95. The molecule has 0 bridgehead atoms. The Morgan fingerprint density at radius 2 is 2.03 bits per heavy atom. The molecule has 0 radical (unpaired) electrons. The van der Waals surface area contributed by atoms with Crippen molar-refractivity contribution in [3.05, 3.63) is 72.1 Å². The summed E-state index contributed by atoms with van der Waals surface area (Å²) in [5.41, 5.74) is 4.22. The first-order valence-electron chi connectivity index (χ1n) is 11.7. The van der Waals surface area contributed by atoms with Gasteiger partial charge in [0.05, 0.1) is 12.1 Å². The van der Waals surface area contributed by atoms with E-state index < -0.39 is 0 Å². The zero-order valence-electron chi connectivity index (χ0n) is 20.5. The lowest BCUT2D eigenvalue weighted by Crippen LogP contribution is -2.36. The number of nitrogens with one attached hydrogen (secondary N) is 2. The van der Waals surface area contributed by atoms with E-state index in [4.69, 9.17) is 4.74 Å². The Bertz CT molecular complexity index is 1500. The van der Waals surface area contributed by atoms with E-state index >= 15 is 0 Å². The molecule has 10 heteroatoms. The van der Waals surface area contributed by atoms with E-state index in [1.165, 1.54) is 17.4 Å². The second kappa shape index (κ2) is 10.4. The molecule has 0 atom stereocenters. The molecule has 2 amide bonds. The Kier molecular flexibility index (Phi) is 6.85. The number of benzene rings is 2. The van der Waals surface area contributed by atoms with E-state index in [-0.39, 0.29) is 11.8 Å². The molecular weight excluding hydrogens is 488 g/mol. The maximum Gasteiger partial charge on any atom is 0.247 e. The van der Waals surface area contributed by atoms with E-state index in [0.717, 1.165) is 33.6 Å². The first kappa shape index (κ1) is 24.4. The van der Waals surface area contributed by atoms with Gasteiger partial charge in [-0.05, 0) is 73.9 Å². The van der Waals surface area contributed by atoms with Gasteiger partial charge >= 0.3 is 0 Å². The van der Waals surface area contributed by atoms with Crippen molar-refractivity contribution in [2.45, 2.75) is 6.42 Å². The minimum Gasteiger partial charge on any atom is -0.437 e. The lowest BCUT2D eigenvalue weighted by molar-refractivity contribution is -0.119. The lowest BCUT2D eigenvalue weighted by Gasteiger charge is -2.20. The summed E-state index contributed by atoms with van der Waals surface area (Å²) in [5.74, 6) is 1.13. The number of ether oxygens (including phenoxy) is 1. The van der Waals surface area contributed by atoms with Crippen LogP contribution < -0.4 is 20.3 Å². The van der Waals surface area contributed by atoms with Crippen molar-refractivity contribution < 1.29 is 14.3 Å². The third-order valence-corrected chi connectivity index (χ3v) is 6.65. The van der Waals surface area contributed by atoms with Crippen molar-refractivity contribution in [1.82, 2.24) is 14.9 Å². The Morgan fingerprint density at radius 1 is 1.16 bits per heavy atom. The van der Waals surface area contributed by atoms with E-state index in [2.05, 4.69) is 27.2 Å². The van der Waals surface area contributed by atoms with Gasteiger partial charge in [-0.2, -0.15) is 4.98 Å². The predicted octanol–water partition coefficient (Wildman–Crippen LogP) is 4.80. The van der Waals surface area contributed by atoms with Crippen LogP contribution in [0.2, 0.25) is 0 Å². The number of thiophene rings is 1. The molecule has 3 heterocycles. The number of nitrogens with zero attached hydrogens (tertiary/aromatic N) is 4. The van der Waals surface area contributed by atoms with Gasteiger partial charge in [0.2, 0.25) is 23.6 Å². The van der Waals surface area contributed by atoms with Crippen molar-refractivity contribution in [2.24, 2.45) is 0 Å². The largest absolute Gasteiger partial charge is 0.437 e. The molecular formula is C27H26N6O3S. The van der Waals surface area contributed by atoms with Gasteiger partial charge in [-0.1, -0.05) is 12.6 Å². The molecule has 0 fully saturated rings. The highest BCUT2D eigenvalue weighted by molar-refractivity contribution is 7.17. The molecule has 9 nitrogen and oxygen atoms in total. The molecule has 0 unspecified atom stereocenters. The van der Waals surface area contributed by atoms with Crippen molar-refractivity contribution in [2.75, 3.05) is 42.7 Å². The first-order chi connectivity index (χ1) is 17.9. The Labute approximate surface area is 218 Å². The number of hydrogen-bond acceptors (Lipinski definition) is 8. The van der Waals surface area contributed by atoms with Crippen LogP contribution in [0.25, 0.3) is 10.2 Å². The average Bonchev–Trinajstić information content (AvgIpc) is 3.51. The Morgan fingerprint density at radius 3 is 2.84 bits per heavy atom. The normalized spacial score (nSPS) is 12.5. The smallest absolute Gasteiger partial charge is 0.247 e. The second-order valence-corrected chi connectivity index (χ2v) is 9.73. The second-order valence-electron chi connectivity index (χ2n) is 8.81. The topological polar surface area (TPSA) is 99.7 Å². The fourth-order valence-electron chi connectivity index (χ4n) is 4.13. The van der Waals surface area contributed by atoms with Crippen molar-refractivity contribution in [3.63, 3.8) is 0 Å². The van der Waals surface area contributed by atoms with E-state index in [1.807, 2.05) is 53.5 Å². The molecule has 2 aromatic carbocycles. The molecule has 188 valence electrons. The molecule has 4 aromatic rings. The summed E-state index contributed by atoms with van der Waals surface area (Å²) in [6, 6.07) is 14.9. The number of carbonyl (C=O) groups excluding carboxylic acids is 2. The molecule has 0 aliphatic carbocycles. The molecule has 0 saturated carbocycles. The summed E-state index contributed by atoms with van der Waals surface area (Å²) in [7, 11) is 3.78. The number of amides is 2. The zero-order valence-corrected chi connectivity index (χ0v) is 21.3. The number of carbonyl (C=O) groups is 2. The van der Waals surface area contributed by atoms with Crippen LogP contribution >= 0.6 is 11.3 Å². The fraction of sp³-hybridized carbons (Fsp3) is 0.185. The van der Waals surface area contributed by atoms with Crippen LogP contribution in [0.4, 0.5) is 23.0 Å². The van der Waals surface area contributed by atoms with Crippen LogP contribution in [0.5, 0.6) is 11.6 Å². The predicted molar refractivity (Wildman–Crippen MR) is 147 cm³/mol. The number of fused-ring (bicyclic) bond motifs is 2. The third kappa shape index (κ3) is 5.45. The minimum absolute atomic E-state index is 0.0885. The average molecular weight is 515 g/mol. The van der Waals surface area contributed by atoms with Gasteiger partial charge in [0.25, 0.3) is 0 Å². The summed E-state index contributed by atoms with van der Waals surface area (Å²) in [4.78, 5) is 37.2. The van der Waals surface area contributed by atoms with Gasteiger partial charge in [0.15, 0.2) is 0 Å². The Hall–Kier alpha value is -4.28. The highest BCUT2D eigenvalue weighted by Crippen LogP contribution is 2.35. The van der Waals surface area contributed by atoms with Gasteiger partial charge in [0.1, 0.15) is 10.4 Å². The molecule has 5 rings (SSSR count). The number of hydrogen-bond donors (Lipinski definition) is 2. The highest BCUT2D eigenvalue weighted by Gasteiger charge is 2.25. The maximum absolute atomic E-state index is 12.6. The summed E-state index contributed by atoms with van der Waals surface area (Å²) in [6.45, 7) is 4.52.